The monoisotopic (exact) mass is 683 g/mol. The first-order valence-electron chi connectivity index (χ1n) is 17.7. The second-order valence-corrected chi connectivity index (χ2v) is 14.4. The van der Waals surface area contributed by atoms with E-state index in [9.17, 15) is 0 Å². The predicted octanol–water partition coefficient (Wildman–Crippen LogP) is 13.4. The summed E-state index contributed by atoms with van der Waals surface area (Å²) < 4.78 is 6.79. The fourth-order valence-electron chi connectivity index (χ4n) is 8.06. The zero-order valence-corrected chi connectivity index (χ0v) is 29.1. The zero-order valence-electron chi connectivity index (χ0n) is 28.3. The molecule has 2 aliphatic rings. The number of ether oxygens (including phenoxy) is 1. The molecule has 2 nitrogen and oxygen atoms in total. The van der Waals surface area contributed by atoms with Crippen LogP contribution in [0.25, 0.3) is 22.3 Å². The van der Waals surface area contributed by atoms with E-state index in [1.807, 2.05) is 11.8 Å². The lowest BCUT2D eigenvalue weighted by atomic mass is 9.63. The Morgan fingerprint density at radius 2 is 0.769 bits per heavy atom. The van der Waals surface area contributed by atoms with E-state index in [0.717, 1.165) is 39.7 Å². The molecule has 0 atom stereocenters. The average molecular weight is 684 g/mol. The number of anilines is 3. The molecule has 8 aromatic carbocycles. The van der Waals surface area contributed by atoms with E-state index in [1.54, 1.807) is 0 Å². The first kappa shape index (κ1) is 30.5. The highest BCUT2D eigenvalue weighted by atomic mass is 32.2. The second-order valence-electron chi connectivity index (χ2n) is 13.3. The molecule has 0 saturated heterocycles. The molecule has 0 saturated carbocycles. The summed E-state index contributed by atoms with van der Waals surface area (Å²) in [7, 11) is 0. The summed E-state index contributed by atoms with van der Waals surface area (Å²) in [6.45, 7) is 0. The third-order valence-electron chi connectivity index (χ3n) is 10.4. The van der Waals surface area contributed by atoms with Gasteiger partial charge in [-0.05, 0) is 94.0 Å². The van der Waals surface area contributed by atoms with Crippen molar-refractivity contribution in [2.75, 3.05) is 4.90 Å². The van der Waals surface area contributed by atoms with Crippen molar-refractivity contribution in [1.29, 1.82) is 0 Å². The molecule has 2 heterocycles. The van der Waals surface area contributed by atoms with Crippen LogP contribution in [0.3, 0.4) is 0 Å². The molecule has 3 heteroatoms. The lowest BCUT2D eigenvalue weighted by Gasteiger charge is -2.45. The molecule has 0 unspecified atom stereocenters. The maximum absolute atomic E-state index is 6.79. The Hall–Kier alpha value is -6.29. The molecule has 0 aliphatic carbocycles. The maximum Gasteiger partial charge on any atom is 0.132 e. The van der Waals surface area contributed by atoms with Crippen molar-refractivity contribution in [3.8, 4) is 33.8 Å². The highest BCUT2D eigenvalue weighted by molar-refractivity contribution is 7.99. The van der Waals surface area contributed by atoms with Gasteiger partial charge in [-0.15, -0.1) is 0 Å². The molecule has 1 spiro atoms. The summed E-state index contributed by atoms with van der Waals surface area (Å²) in [5.74, 6) is 1.77. The molecule has 0 amide bonds. The molecule has 10 rings (SSSR count). The van der Waals surface area contributed by atoms with Crippen molar-refractivity contribution < 1.29 is 4.74 Å². The fraction of sp³-hybridized carbons (Fsp3) is 0.0204. The molecule has 0 radical (unpaired) electrons. The van der Waals surface area contributed by atoms with E-state index in [1.165, 1.54) is 43.2 Å². The fourth-order valence-corrected chi connectivity index (χ4v) is 9.25. The Labute approximate surface area is 308 Å². The summed E-state index contributed by atoms with van der Waals surface area (Å²) >= 11 is 1.85. The smallest absolute Gasteiger partial charge is 0.132 e. The third-order valence-corrected chi connectivity index (χ3v) is 11.6. The Bertz CT molecular complexity index is 2380. The largest absolute Gasteiger partial charge is 0.457 e. The van der Waals surface area contributed by atoms with E-state index >= 15 is 0 Å². The van der Waals surface area contributed by atoms with Crippen molar-refractivity contribution in [1.82, 2.24) is 0 Å². The molecule has 0 aromatic heterocycles. The minimum Gasteiger partial charge on any atom is -0.457 e. The summed E-state index contributed by atoms with van der Waals surface area (Å²) in [4.78, 5) is 4.89. The maximum atomic E-state index is 6.79. The van der Waals surface area contributed by atoms with Gasteiger partial charge in [0.1, 0.15) is 11.5 Å². The van der Waals surface area contributed by atoms with Crippen LogP contribution >= 0.6 is 11.8 Å². The van der Waals surface area contributed by atoms with Crippen LogP contribution in [0.15, 0.2) is 210 Å². The van der Waals surface area contributed by atoms with Gasteiger partial charge in [0, 0.05) is 38.0 Å². The van der Waals surface area contributed by atoms with Crippen LogP contribution in [0, 0.1) is 0 Å². The van der Waals surface area contributed by atoms with Crippen LogP contribution < -0.4 is 9.64 Å². The van der Waals surface area contributed by atoms with Crippen LogP contribution in [0.4, 0.5) is 17.1 Å². The van der Waals surface area contributed by atoms with Gasteiger partial charge in [-0.2, -0.15) is 0 Å². The third kappa shape index (κ3) is 4.89. The van der Waals surface area contributed by atoms with E-state index in [2.05, 4.69) is 205 Å². The van der Waals surface area contributed by atoms with Gasteiger partial charge in [-0.3, -0.25) is 0 Å². The zero-order chi connectivity index (χ0) is 34.5. The summed E-state index contributed by atoms with van der Waals surface area (Å²) in [5, 5.41) is 0. The first-order chi connectivity index (χ1) is 25.8. The summed E-state index contributed by atoms with van der Waals surface area (Å²) in [6.07, 6.45) is 0. The van der Waals surface area contributed by atoms with Gasteiger partial charge in [0.05, 0.1) is 5.41 Å². The van der Waals surface area contributed by atoms with Crippen molar-refractivity contribution in [3.63, 3.8) is 0 Å². The van der Waals surface area contributed by atoms with Gasteiger partial charge < -0.3 is 9.64 Å². The summed E-state index contributed by atoms with van der Waals surface area (Å²) in [6, 6.07) is 72.0. The molecule has 52 heavy (non-hydrogen) atoms. The second kappa shape index (κ2) is 12.5. The molecule has 0 bridgehead atoms. The quantitative estimate of drug-likeness (QED) is 0.179. The molecular weight excluding hydrogens is 651 g/mol. The minimum absolute atomic E-state index is 0.571. The van der Waals surface area contributed by atoms with Crippen LogP contribution in [-0.2, 0) is 5.41 Å². The lowest BCUT2D eigenvalue weighted by molar-refractivity contribution is 0.431. The lowest BCUT2D eigenvalue weighted by Crippen LogP contribution is -2.36. The highest BCUT2D eigenvalue weighted by Gasteiger charge is 2.49. The van der Waals surface area contributed by atoms with Gasteiger partial charge in [0.15, 0.2) is 0 Å². The van der Waals surface area contributed by atoms with E-state index in [0.29, 0.717) is 0 Å². The van der Waals surface area contributed by atoms with Crippen molar-refractivity contribution in [2.45, 2.75) is 15.2 Å². The number of nitrogens with zero attached hydrogens (tertiary/aromatic N) is 1. The normalized spacial score (nSPS) is 13.2. The van der Waals surface area contributed by atoms with Crippen LogP contribution in [0.5, 0.6) is 11.5 Å². The van der Waals surface area contributed by atoms with Crippen molar-refractivity contribution in [3.05, 3.63) is 222 Å². The van der Waals surface area contributed by atoms with Gasteiger partial charge in [0.2, 0.25) is 0 Å². The van der Waals surface area contributed by atoms with Crippen molar-refractivity contribution >= 4 is 28.8 Å². The number of rotatable bonds is 5. The Balaban J connectivity index is 1.20. The highest BCUT2D eigenvalue weighted by Crippen LogP contribution is 2.62. The SMILES string of the molecule is c1ccc(-c2ccc(N(c3ccc(-c4ccccc4)cc3)c3ccc4c(c3)C3(c5ccccc5O4)c4ccccc4Sc4ccccc43)cc2)cc1. The Kier molecular flexibility index (Phi) is 7.33. The molecule has 2 aliphatic heterocycles. The summed E-state index contributed by atoms with van der Waals surface area (Å²) in [5.41, 5.74) is 12.3. The van der Waals surface area contributed by atoms with E-state index in [4.69, 9.17) is 4.74 Å². The number of fused-ring (bicyclic) bond motifs is 8. The van der Waals surface area contributed by atoms with Gasteiger partial charge in [0.25, 0.3) is 0 Å². The topological polar surface area (TPSA) is 12.5 Å². The van der Waals surface area contributed by atoms with Gasteiger partial charge in [-0.25, -0.2) is 0 Å². The van der Waals surface area contributed by atoms with E-state index in [-0.39, 0.29) is 0 Å². The standard InChI is InChI=1S/C49H33NOS/c1-3-13-34(14-4-1)36-23-27-38(28-24-36)50(39-29-25-37(26-30-39)35-15-5-2-6-16-35)40-31-32-46-44(33-40)49(41-17-7-10-20-45(41)51-46)42-18-8-11-21-47(42)52-48-22-12-9-19-43(48)49/h1-33H. The number of hydrogen-bond donors (Lipinski definition) is 0. The number of benzene rings is 8. The Morgan fingerprint density at radius 1 is 0.346 bits per heavy atom. The Morgan fingerprint density at radius 3 is 1.33 bits per heavy atom. The number of hydrogen-bond acceptors (Lipinski definition) is 3. The van der Waals surface area contributed by atoms with Crippen molar-refractivity contribution in [2.24, 2.45) is 0 Å². The van der Waals surface area contributed by atoms with Crippen LogP contribution in [0.1, 0.15) is 22.3 Å². The minimum atomic E-state index is -0.571. The average Bonchev–Trinajstić information content (AvgIpc) is 3.22. The predicted molar refractivity (Wildman–Crippen MR) is 215 cm³/mol. The van der Waals surface area contributed by atoms with E-state index < -0.39 is 5.41 Å². The molecule has 0 N–H and O–H groups in total. The first-order valence-corrected chi connectivity index (χ1v) is 18.5. The molecular formula is C49H33NOS. The van der Waals surface area contributed by atoms with Gasteiger partial charge >= 0.3 is 0 Å². The van der Waals surface area contributed by atoms with Crippen LogP contribution in [0.2, 0.25) is 0 Å². The number of para-hydroxylation sites is 1. The molecule has 8 aromatic rings. The molecule has 0 fully saturated rings. The van der Waals surface area contributed by atoms with Gasteiger partial charge in [-0.1, -0.05) is 151 Å². The van der Waals surface area contributed by atoms with Crippen LogP contribution in [-0.4, -0.2) is 0 Å². The molecule has 246 valence electrons.